The van der Waals surface area contributed by atoms with Crippen molar-refractivity contribution >= 4 is 23.3 Å². The zero-order valence-corrected chi connectivity index (χ0v) is 25.7. The van der Waals surface area contributed by atoms with Gasteiger partial charge in [-0.15, -0.1) is 4.37 Å². The first kappa shape index (κ1) is 33.7. The molecule has 2 unspecified atom stereocenters. The zero-order valence-electron chi connectivity index (χ0n) is 24.9. The van der Waals surface area contributed by atoms with Gasteiger partial charge in [-0.05, 0) is 24.5 Å². The number of carbonyl (C=O) groups is 1. The van der Waals surface area contributed by atoms with Crippen LogP contribution in [0.15, 0.2) is 36.4 Å². The molecular formula is C30H50N3O4S+. The summed E-state index contributed by atoms with van der Waals surface area (Å²) in [6.45, 7) is 12.5. The Morgan fingerprint density at radius 1 is 1.08 bits per heavy atom. The van der Waals surface area contributed by atoms with Gasteiger partial charge in [-0.1, -0.05) is 78.2 Å². The maximum atomic E-state index is 12.7. The summed E-state index contributed by atoms with van der Waals surface area (Å²) in [5.74, 6) is 0.735. The fourth-order valence-corrected chi connectivity index (χ4v) is 4.82. The number of benzene rings is 1. The van der Waals surface area contributed by atoms with Crippen molar-refractivity contribution < 1.29 is 23.5 Å². The average molecular weight is 549 g/mol. The van der Waals surface area contributed by atoms with Gasteiger partial charge in [-0.3, -0.25) is 9.28 Å². The fraction of sp³-hybridized carbons (Fsp3) is 0.633. The second kappa shape index (κ2) is 18.9. The van der Waals surface area contributed by atoms with Crippen LogP contribution in [0.5, 0.6) is 5.88 Å². The van der Waals surface area contributed by atoms with Crippen LogP contribution < -0.4 is 4.74 Å². The Morgan fingerprint density at radius 2 is 1.76 bits per heavy atom. The summed E-state index contributed by atoms with van der Waals surface area (Å²) in [5.41, 5.74) is 2.96. The van der Waals surface area contributed by atoms with Crippen molar-refractivity contribution in [3.05, 3.63) is 47.7 Å². The van der Waals surface area contributed by atoms with Gasteiger partial charge in [0, 0.05) is 32.6 Å². The number of methoxy groups -OCH3 is 1. The van der Waals surface area contributed by atoms with Crippen LogP contribution in [0, 0.1) is 5.92 Å². The first-order valence-corrected chi connectivity index (χ1v) is 14.7. The second-order valence-corrected chi connectivity index (χ2v) is 10.5. The molecule has 0 amide bonds. The Labute approximate surface area is 235 Å². The third-order valence-electron chi connectivity index (χ3n) is 6.03. The van der Waals surface area contributed by atoms with Crippen LogP contribution in [-0.4, -0.2) is 60.2 Å². The number of rotatable bonds is 12. The highest BCUT2D eigenvalue weighted by atomic mass is 32.1. The summed E-state index contributed by atoms with van der Waals surface area (Å²) in [4.78, 5) is 12.7. The lowest BCUT2D eigenvalue weighted by atomic mass is 10.0. The highest BCUT2D eigenvalue weighted by Gasteiger charge is 2.40. The molecule has 0 aliphatic carbocycles. The topological polar surface area (TPSA) is 70.5 Å². The molecule has 0 fully saturated rings. The van der Waals surface area contributed by atoms with Crippen molar-refractivity contribution in [1.29, 1.82) is 0 Å². The highest BCUT2D eigenvalue weighted by Crippen LogP contribution is 2.37. The molecule has 2 atom stereocenters. The molecule has 0 bridgehead atoms. The van der Waals surface area contributed by atoms with Crippen molar-refractivity contribution in [2.45, 2.75) is 79.4 Å². The summed E-state index contributed by atoms with van der Waals surface area (Å²) < 4.78 is 25.9. The summed E-state index contributed by atoms with van der Waals surface area (Å²) in [6, 6.07) is 10.1. The van der Waals surface area contributed by atoms with E-state index in [1.54, 1.807) is 14.2 Å². The van der Waals surface area contributed by atoms with Crippen LogP contribution in [-0.2, 0) is 14.3 Å². The Morgan fingerprint density at radius 3 is 2.39 bits per heavy atom. The lowest BCUT2D eigenvalue weighted by Gasteiger charge is -2.42. The number of ether oxygens (including phenoxy) is 3. The number of nitrogens with zero attached hydrogens (tertiary/aromatic N) is 3. The minimum Gasteiger partial charge on any atom is -0.475 e. The SMILES string of the molecule is CC.CCCCCCOc1nsnc1C1=CCC[N+](C)(C(OC(=O)CC(C)C)c2ccccc2)C1.COC. The lowest BCUT2D eigenvalue weighted by Crippen LogP contribution is -2.51. The molecular weight excluding hydrogens is 498 g/mol. The van der Waals surface area contributed by atoms with Crippen LogP contribution in [0.25, 0.3) is 5.57 Å². The van der Waals surface area contributed by atoms with Crippen molar-refractivity contribution in [3.8, 4) is 5.88 Å². The van der Waals surface area contributed by atoms with Crippen LogP contribution in [0.3, 0.4) is 0 Å². The molecule has 0 N–H and O–H groups in total. The lowest BCUT2D eigenvalue weighted by molar-refractivity contribution is -0.953. The molecule has 0 spiro atoms. The van der Waals surface area contributed by atoms with E-state index < -0.39 is 0 Å². The minimum atomic E-state index is -0.369. The third-order valence-corrected chi connectivity index (χ3v) is 6.54. The average Bonchev–Trinajstić information content (AvgIpc) is 3.37. The second-order valence-electron chi connectivity index (χ2n) is 9.97. The summed E-state index contributed by atoms with van der Waals surface area (Å²) in [6.07, 6.45) is 7.79. The number of unbranched alkanes of at least 4 members (excludes halogenated alkanes) is 3. The monoisotopic (exact) mass is 548 g/mol. The van der Waals surface area contributed by atoms with Crippen LogP contribution in [0.2, 0.25) is 0 Å². The van der Waals surface area contributed by atoms with E-state index in [-0.39, 0.29) is 18.1 Å². The van der Waals surface area contributed by atoms with Crippen molar-refractivity contribution in [1.82, 2.24) is 8.75 Å². The molecule has 0 saturated carbocycles. The zero-order chi connectivity index (χ0) is 28.4. The van der Waals surface area contributed by atoms with Gasteiger partial charge in [0.15, 0.2) is 0 Å². The molecule has 1 aromatic carbocycles. The van der Waals surface area contributed by atoms with Crippen LogP contribution in [0.4, 0.5) is 0 Å². The van der Waals surface area contributed by atoms with Gasteiger partial charge in [0.25, 0.3) is 12.1 Å². The molecule has 2 aromatic rings. The van der Waals surface area contributed by atoms with E-state index in [1.807, 2.05) is 58.0 Å². The van der Waals surface area contributed by atoms with Crippen molar-refractivity contribution in [3.63, 3.8) is 0 Å². The molecule has 0 radical (unpaired) electrons. The van der Waals surface area contributed by atoms with E-state index >= 15 is 0 Å². The first-order valence-electron chi connectivity index (χ1n) is 14.0. The Balaban J connectivity index is 0.00000135. The molecule has 3 rings (SSSR count). The van der Waals surface area contributed by atoms with E-state index in [0.717, 1.165) is 36.2 Å². The molecule has 2 heterocycles. The van der Waals surface area contributed by atoms with E-state index in [2.05, 4.69) is 33.5 Å². The van der Waals surface area contributed by atoms with Gasteiger partial charge in [0.2, 0.25) is 0 Å². The highest BCUT2D eigenvalue weighted by molar-refractivity contribution is 6.99. The van der Waals surface area contributed by atoms with Gasteiger partial charge in [-0.25, -0.2) is 0 Å². The molecule has 1 aliphatic heterocycles. The van der Waals surface area contributed by atoms with Gasteiger partial charge in [0.05, 0.1) is 37.5 Å². The third kappa shape index (κ3) is 11.2. The molecule has 0 saturated heterocycles. The standard InChI is InChI=1S/C26H38N3O3S.C2H6O.C2H6/c1-5-6-7-11-17-31-25-24(27-33-28-25)22-15-12-16-29(4,19-22)26(21-13-9-8-10-14-21)32-23(30)18-20(2)3;1-3-2;1-2/h8-10,13-15,20,26H,5-7,11-12,16-19H2,1-4H3;1-2H3;1-2H3/q+1;;. The molecule has 1 aromatic heterocycles. The van der Waals surface area contributed by atoms with Crippen LogP contribution in [0.1, 0.15) is 90.6 Å². The normalized spacial score (nSPS) is 17.3. The molecule has 38 heavy (non-hydrogen) atoms. The van der Waals surface area contributed by atoms with E-state index in [0.29, 0.717) is 29.9 Å². The minimum absolute atomic E-state index is 0.152. The van der Waals surface area contributed by atoms with E-state index in [1.165, 1.54) is 31.0 Å². The Bertz CT molecular complexity index is 933. The largest absolute Gasteiger partial charge is 0.475 e. The van der Waals surface area contributed by atoms with Crippen molar-refractivity contribution in [2.24, 2.45) is 5.92 Å². The quantitative estimate of drug-likeness (QED) is 0.157. The van der Waals surface area contributed by atoms with Crippen LogP contribution >= 0.6 is 11.7 Å². The number of hydrogen-bond donors (Lipinski definition) is 0. The predicted octanol–water partition coefficient (Wildman–Crippen LogP) is 7.31. The number of quaternary nitrogens is 1. The smallest absolute Gasteiger partial charge is 0.310 e. The first-order chi connectivity index (χ1) is 18.3. The molecule has 214 valence electrons. The van der Waals surface area contributed by atoms with Crippen molar-refractivity contribution in [2.75, 3.05) is 41.0 Å². The van der Waals surface area contributed by atoms with Gasteiger partial charge in [-0.2, -0.15) is 4.37 Å². The molecule has 7 nitrogen and oxygen atoms in total. The summed E-state index contributed by atoms with van der Waals surface area (Å²) >= 11 is 1.19. The Kier molecular flexibility index (Phi) is 16.8. The predicted molar refractivity (Wildman–Crippen MR) is 157 cm³/mol. The van der Waals surface area contributed by atoms with Gasteiger partial charge >= 0.3 is 5.97 Å². The van der Waals surface area contributed by atoms with Gasteiger partial charge in [0.1, 0.15) is 12.2 Å². The number of likely N-dealkylation sites (N-methyl/N-ethyl adjacent to an activating group) is 1. The maximum Gasteiger partial charge on any atom is 0.310 e. The van der Waals surface area contributed by atoms with E-state index in [9.17, 15) is 4.79 Å². The molecule has 8 heteroatoms. The maximum absolute atomic E-state index is 12.7. The summed E-state index contributed by atoms with van der Waals surface area (Å²) in [5, 5.41) is 0. The van der Waals surface area contributed by atoms with Gasteiger partial charge < -0.3 is 14.2 Å². The number of carbonyl (C=O) groups excluding carboxylic acids is 1. The molecule has 1 aliphatic rings. The Hall–Kier alpha value is -2.29. The number of hydrogen-bond acceptors (Lipinski definition) is 7. The fourth-order valence-electron chi connectivity index (χ4n) is 4.29. The number of aromatic nitrogens is 2. The number of esters is 1. The van der Waals surface area contributed by atoms with E-state index in [4.69, 9.17) is 9.47 Å². The summed E-state index contributed by atoms with van der Waals surface area (Å²) in [7, 11) is 5.42.